The minimum absolute atomic E-state index is 0.106. The third-order valence-corrected chi connectivity index (χ3v) is 8.60. The molecule has 0 radical (unpaired) electrons. The van der Waals surface area contributed by atoms with Gasteiger partial charge in [-0.2, -0.15) is 0 Å². The number of hydrogen-bond donors (Lipinski definition) is 0. The van der Waals surface area contributed by atoms with Crippen LogP contribution in [0.15, 0.2) is 72.3 Å². The molecule has 1 aliphatic rings. The smallest absolute Gasteiger partial charge is 0.150 e. The quantitative estimate of drug-likeness (QED) is 0.550. The predicted octanol–water partition coefficient (Wildman–Crippen LogP) is 5.14. The van der Waals surface area contributed by atoms with Crippen molar-refractivity contribution in [3.8, 4) is 0 Å². The second kappa shape index (κ2) is 6.89. The number of rotatable bonds is 5. The van der Waals surface area contributed by atoms with Crippen molar-refractivity contribution in [2.24, 2.45) is 5.92 Å². The summed E-state index contributed by atoms with van der Waals surface area (Å²) >= 11 is 0. The Balaban J connectivity index is 2.21. The van der Waals surface area contributed by atoms with Crippen molar-refractivity contribution >= 4 is 17.8 Å². The van der Waals surface area contributed by atoms with Crippen molar-refractivity contribution in [1.82, 2.24) is 0 Å². The van der Waals surface area contributed by atoms with Gasteiger partial charge in [-0.05, 0) is 25.2 Å². The molecular formula is C21H25OP. The van der Waals surface area contributed by atoms with E-state index in [0.29, 0.717) is 5.92 Å². The Labute approximate surface area is 139 Å². The van der Waals surface area contributed by atoms with E-state index >= 15 is 0 Å². The summed E-state index contributed by atoms with van der Waals surface area (Å²) in [6, 6.07) is 20.2. The van der Waals surface area contributed by atoms with Gasteiger partial charge in [0.2, 0.25) is 0 Å². The van der Waals surface area contributed by atoms with E-state index in [1.54, 1.807) is 0 Å². The highest BCUT2D eigenvalue weighted by atomic mass is 31.2. The van der Waals surface area contributed by atoms with Crippen LogP contribution in [0, 0.1) is 5.92 Å². The van der Waals surface area contributed by atoms with E-state index in [4.69, 9.17) is 0 Å². The van der Waals surface area contributed by atoms with Crippen LogP contribution in [-0.2, 0) is 4.57 Å². The maximum Gasteiger partial charge on any atom is 0.150 e. The summed E-state index contributed by atoms with van der Waals surface area (Å²) in [6.07, 6.45) is 5.75. The summed E-state index contributed by atoms with van der Waals surface area (Å²) in [7, 11) is -2.71. The van der Waals surface area contributed by atoms with Gasteiger partial charge in [-0.3, -0.25) is 0 Å². The molecule has 1 aliphatic carbocycles. The van der Waals surface area contributed by atoms with Crippen molar-refractivity contribution in [3.63, 3.8) is 0 Å². The monoisotopic (exact) mass is 324 g/mol. The fourth-order valence-electron chi connectivity index (χ4n) is 3.82. The average Bonchev–Trinajstić information content (AvgIpc) is 3.10. The molecule has 2 aromatic rings. The molecule has 1 atom stereocenters. The Kier molecular flexibility index (Phi) is 4.87. The molecule has 0 amide bonds. The topological polar surface area (TPSA) is 17.1 Å². The lowest BCUT2D eigenvalue weighted by molar-refractivity contribution is 0.555. The van der Waals surface area contributed by atoms with Gasteiger partial charge in [0, 0.05) is 16.3 Å². The summed E-state index contributed by atoms with van der Waals surface area (Å²) in [6.45, 7) is 4.42. The largest absolute Gasteiger partial charge is 0.313 e. The second-order valence-corrected chi connectivity index (χ2v) is 9.59. The highest BCUT2D eigenvalue weighted by molar-refractivity contribution is 7.79. The molecule has 3 rings (SSSR count). The molecule has 23 heavy (non-hydrogen) atoms. The third kappa shape index (κ3) is 3.08. The third-order valence-electron chi connectivity index (χ3n) is 4.76. The van der Waals surface area contributed by atoms with Crippen LogP contribution in [0.2, 0.25) is 0 Å². The van der Waals surface area contributed by atoms with Crippen molar-refractivity contribution in [1.29, 1.82) is 0 Å². The first-order valence-electron chi connectivity index (χ1n) is 8.54. The lowest BCUT2D eigenvalue weighted by Gasteiger charge is -2.33. The van der Waals surface area contributed by atoms with Gasteiger partial charge in [0.05, 0.1) is 0 Å². The van der Waals surface area contributed by atoms with Crippen molar-refractivity contribution in [2.45, 2.75) is 38.8 Å². The number of benzene rings is 2. The van der Waals surface area contributed by atoms with E-state index < -0.39 is 7.14 Å². The van der Waals surface area contributed by atoms with E-state index in [0.717, 1.165) is 23.5 Å². The van der Waals surface area contributed by atoms with Gasteiger partial charge < -0.3 is 4.57 Å². The molecule has 1 nitrogen and oxygen atoms in total. The molecule has 2 aromatic carbocycles. The molecule has 120 valence electrons. The molecule has 0 unspecified atom stereocenters. The minimum Gasteiger partial charge on any atom is -0.313 e. The van der Waals surface area contributed by atoms with Crippen LogP contribution in [0.1, 0.15) is 33.1 Å². The molecule has 0 saturated heterocycles. The minimum atomic E-state index is -2.71. The van der Waals surface area contributed by atoms with Crippen LogP contribution >= 0.6 is 7.14 Å². The highest BCUT2D eigenvalue weighted by Crippen LogP contribution is 2.55. The summed E-state index contributed by atoms with van der Waals surface area (Å²) in [4.78, 5) is 0. The van der Waals surface area contributed by atoms with E-state index in [-0.39, 0.29) is 5.66 Å². The number of allylic oxidation sites excluding steroid dienone is 2. The summed E-state index contributed by atoms with van der Waals surface area (Å²) in [5.74, 6) is 0.352. The molecule has 0 heterocycles. The molecule has 0 aliphatic heterocycles. The first kappa shape index (κ1) is 16.3. The van der Waals surface area contributed by atoms with Crippen LogP contribution in [0.5, 0.6) is 0 Å². The Hall–Kier alpha value is -1.59. The molecule has 0 fully saturated rings. The van der Waals surface area contributed by atoms with Crippen molar-refractivity contribution in [3.05, 3.63) is 72.3 Å². The fourth-order valence-corrected chi connectivity index (χ4v) is 7.53. The van der Waals surface area contributed by atoms with Crippen molar-refractivity contribution < 1.29 is 4.57 Å². The molecule has 0 bridgehead atoms. The second-order valence-electron chi connectivity index (χ2n) is 6.69. The lowest BCUT2D eigenvalue weighted by Crippen LogP contribution is -2.30. The van der Waals surface area contributed by atoms with Gasteiger partial charge in [-0.1, -0.05) is 86.2 Å². The maximum atomic E-state index is 14.5. The molecule has 0 aromatic heterocycles. The molecular weight excluding hydrogens is 299 g/mol. The maximum absolute atomic E-state index is 14.5. The molecule has 0 saturated carbocycles. The highest BCUT2D eigenvalue weighted by Gasteiger charge is 2.40. The van der Waals surface area contributed by atoms with Crippen LogP contribution in [0.3, 0.4) is 0 Å². The van der Waals surface area contributed by atoms with Gasteiger partial charge in [0.15, 0.2) is 0 Å². The Morgan fingerprint density at radius 1 is 0.870 bits per heavy atom. The van der Waals surface area contributed by atoms with Crippen LogP contribution in [0.4, 0.5) is 0 Å². The first-order chi connectivity index (χ1) is 11.1. The average molecular weight is 324 g/mol. The summed E-state index contributed by atoms with van der Waals surface area (Å²) in [5, 5.41) is 1.97. The lowest BCUT2D eigenvalue weighted by atomic mass is 10.0. The molecule has 0 spiro atoms. The fraction of sp³-hybridized carbons (Fsp3) is 0.333. The standard InChI is InChI=1S/C21H25OP/c1-17(2)21(18-11-9-10-12-18)23(22,19-13-5-3-6-14-19)20-15-7-4-8-16-20/h3-8,11,13-17,21H,9-10,12H2,1-2H3/t21-/m0/s1. The predicted molar refractivity (Wildman–Crippen MR) is 100 cm³/mol. The van der Waals surface area contributed by atoms with Crippen LogP contribution in [0.25, 0.3) is 0 Å². The Morgan fingerprint density at radius 3 is 1.78 bits per heavy atom. The normalized spacial score (nSPS) is 16.4. The van der Waals surface area contributed by atoms with Crippen molar-refractivity contribution in [2.75, 3.05) is 0 Å². The van der Waals surface area contributed by atoms with Gasteiger partial charge in [0.1, 0.15) is 7.14 Å². The Bertz CT molecular complexity index is 673. The van der Waals surface area contributed by atoms with Gasteiger partial charge in [-0.25, -0.2) is 0 Å². The van der Waals surface area contributed by atoms with Gasteiger partial charge in [0.25, 0.3) is 0 Å². The SMILES string of the molecule is CC(C)[C@@H](C1=CCCC1)P(=O)(c1ccccc1)c1ccccc1. The summed E-state index contributed by atoms with van der Waals surface area (Å²) < 4.78 is 14.5. The summed E-state index contributed by atoms with van der Waals surface area (Å²) in [5.41, 5.74) is 1.51. The Morgan fingerprint density at radius 2 is 1.39 bits per heavy atom. The zero-order chi connectivity index (χ0) is 16.3. The van der Waals surface area contributed by atoms with Crippen LogP contribution < -0.4 is 10.6 Å². The zero-order valence-corrected chi connectivity index (χ0v) is 14.9. The molecule has 2 heteroatoms. The van der Waals surface area contributed by atoms with E-state index in [1.165, 1.54) is 12.0 Å². The molecule has 0 N–H and O–H groups in total. The van der Waals surface area contributed by atoms with Crippen LogP contribution in [-0.4, -0.2) is 5.66 Å². The van der Waals surface area contributed by atoms with E-state index in [9.17, 15) is 4.57 Å². The van der Waals surface area contributed by atoms with E-state index in [2.05, 4.69) is 19.9 Å². The van der Waals surface area contributed by atoms with Gasteiger partial charge in [-0.15, -0.1) is 0 Å². The zero-order valence-electron chi connectivity index (χ0n) is 14.0. The van der Waals surface area contributed by atoms with E-state index in [1.807, 2.05) is 60.7 Å². The first-order valence-corrected chi connectivity index (χ1v) is 10.3. The number of hydrogen-bond acceptors (Lipinski definition) is 1. The van der Waals surface area contributed by atoms with Gasteiger partial charge >= 0.3 is 0 Å².